The van der Waals surface area contributed by atoms with Crippen LogP contribution < -0.4 is 38.9 Å². The monoisotopic (exact) mass is 612 g/mol. The Morgan fingerprint density at radius 1 is 0.727 bits per heavy atom. The molecule has 0 bridgehead atoms. The van der Waals surface area contributed by atoms with Crippen LogP contribution in [-0.4, -0.2) is 76.5 Å². The fourth-order valence-corrected chi connectivity index (χ4v) is 4.15. The lowest BCUT2D eigenvalue weighted by Gasteiger charge is -2.25. The summed E-state index contributed by atoms with van der Waals surface area (Å²) in [6.45, 7) is 0.159. The number of amides is 4. The van der Waals surface area contributed by atoms with Crippen LogP contribution in [0.2, 0.25) is 0 Å². The van der Waals surface area contributed by atoms with Crippen molar-refractivity contribution in [1.82, 2.24) is 16.0 Å². The van der Waals surface area contributed by atoms with Crippen molar-refractivity contribution in [2.45, 2.75) is 62.7 Å². The zero-order valence-corrected chi connectivity index (χ0v) is 24.1. The second-order valence-corrected chi connectivity index (χ2v) is 10.1. The minimum Gasteiger partial charge on any atom is -0.508 e. The fraction of sp³-hybridized carbons (Fsp3) is 0.379. The Kier molecular flexibility index (Phi) is 14.1. The Balaban J connectivity index is 2.28. The molecule has 13 N–H and O–H groups in total. The number of hydrogen-bond acceptors (Lipinski definition) is 8. The molecule has 0 heterocycles. The maximum Gasteiger partial charge on any atom is 0.326 e. The van der Waals surface area contributed by atoms with Gasteiger partial charge in [0.1, 0.15) is 23.9 Å². The highest BCUT2D eigenvalue weighted by Gasteiger charge is 2.30. The Bertz CT molecular complexity index is 1300. The molecule has 15 nitrogen and oxygen atoms in total. The molecule has 0 aliphatic rings. The molecule has 0 saturated heterocycles. The summed E-state index contributed by atoms with van der Waals surface area (Å²) in [5.41, 5.74) is 22.9. The van der Waals surface area contributed by atoms with Crippen LogP contribution in [0.1, 0.15) is 36.8 Å². The van der Waals surface area contributed by atoms with Crippen LogP contribution in [0.15, 0.2) is 59.6 Å². The third-order valence-corrected chi connectivity index (χ3v) is 6.52. The van der Waals surface area contributed by atoms with Crippen molar-refractivity contribution < 1.29 is 34.2 Å². The van der Waals surface area contributed by atoms with Gasteiger partial charge in [0.15, 0.2) is 5.96 Å². The SMILES string of the molecule is NC(=O)CCC(N)C(=O)NC(Cc1ccc(O)cc1)C(=O)NC(Cc1ccccc1)C(=O)NC(CCCN=C(N)N)C(=O)O. The van der Waals surface area contributed by atoms with Gasteiger partial charge < -0.3 is 49.1 Å². The van der Waals surface area contributed by atoms with Crippen LogP contribution in [0.4, 0.5) is 0 Å². The summed E-state index contributed by atoms with van der Waals surface area (Å²) in [7, 11) is 0. The number of nitrogens with two attached hydrogens (primary N) is 4. The molecule has 0 aliphatic heterocycles. The minimum absolute atomic E-state index is 0.00172. The van der Waals surface area contributed by atoms with E-state index in [1.165, 1.54) is 12.1 Å². The van der Waals surface area contributed by atoms with Gasteiger partial charge >= 0.3 is 5.97 Å². The van der Waals surface area contributed by atoms with Crippen LogP contribution in [0.25, 0.3) is 0 Å². The summed E-state index contributed by atoms with van der Waals surface area (Å²) < 4.78 is 0. The molecule has 238 valence electrons. The highest BCUT2D eigenvalue weighted by molar-refractivity contribution is 5.94. The Labute approximate surface area is 254 Å². The van der Waals surface area contributed by atoms with Crippen molar-refractivity contribution in [2.75, 3.05) is 6.54 Å². The number of guanidine groups is 1. The molecule has 2 aromatic carbocycles. The lowest BCUT2D eigenvalue weighted by Crippen LogP contribution is -2.58. The molecule has 2 aromatic rings. The molecule has 0 spiro atoms. The molecular weight excluding hydrogens is 572 g/mol. The molecule has 15 heteroatoms. The van der Waals surface area contributed by atoms with Gasteiger partial charge in [-0.25, -0.2) is 4.79 Å². The number of nitrogens with one attached hydrogen (secondary N) is 3. The van der Waals surface area contributed by atoms with E-state index in [-0.39, 0.29) is 56.8 Å². The Hall–Kier alpha value is -5.18. The fourth-order valence-electron chi connectivity index (χ4n) is 4.15. The quantitative estimate of drug-likeness (QED) is 0.0526. The van der Waals surface area contributed by atoms with E-state index in [4.69, 9.17) is 22.9 Å². The van der Waals surface area contributed by atoms with E-state index >= 15 is 0 Å². The third kappa shape index (κ3) is 12.8. The van der Waals surface area contributed by atoms with Crippen molar-refractivity contribution >= 4 is 35.6 Å². The van der Waals surface area contributed by atoms with Gasteiger partial charge in [0, 0.05) is 25.8 Å². The van der Waals surface area contributed by atoms with E-state index < -0.39 is 53.8 Å². The van der Waals surface area contributed by atoms with Gasteiger partial charge in [0.2, 0.25) is 23.6 Å². The summed E-state index contributed by atoms with van der Waals surface area (Å²) in [6, 6.07) is 9.80. The number of aromatic hydroxyl groups is 1. The van der Waals surface area contributed by atoms with Gasteiger partial charge in [-0.05, 0) is 42.5 Å². The van der Waals surface area contributed by atoms with E-state index in [9.17, 15) is 34.2 Å². The van der Waals surface area contributed by atoms with Crippen LogP contribution in [0.5, 0.6) is 5.75 Å². The number of carbonyl (C=O) groups is 5. The van der Waals surface area contributed by atoms with E-state index in [1.807, 2.05) is 0 Å². The molecule has 44 heavy (non-hydrogen) atoms. The average molecular weight is 613 g/mol. The highest BCUT2D eigenvalue weighted by atomic mass is 16.4. The zero-order valence-electron chi connectivity index (χ0n) is 24.1. The Morgan fingerprint density at radius 3 is 1.77 bits per heavy atom. The number of phenolic OH excluding ortho intramolecular Hbond substituents is 1. The van der Waals surface area contributed by atoms with E-state index in [1.54, 1.807) is 42.5 Å². The number of primary amides is 1. The van der Waals surface area contributed by atoms with Crippen molar-refractivity contribution in [1.29, 1.82) is 0 Å². The second kappa shape index (κ2) is 17.7. The van der Waals surface area contributed by atoms with Crippen LogP contribution in [0.3, 0.4) is 0 Å². The van der Waals surface area contributed by atoms with Gasteiger partial charge in [-0.1, -0.05) is 42.5 Å². The molecule has 4 amide bonds. The van der Waals surface area contributed by atoms with Crippen molar-refractivity contribution in [3.8, 4) is 5.75 Å². The largest absolute Gasteiger partial charge is 0.508 e. The molecule has 0 aromatic heterocycles. The number of aliphatic carboxylic acids is 1. The summed E-state index contributed by atoms with van der Waals surface area (Å²) in [5, 5.41) is 27.0. The number of aliphatic imine (C=N–C) groups is 1. The van der Waals surface area contributed by atoms with Gasteiger partial charge in [-0.3, -0.25) is 24.2 Å². The zero-order chi connectivity index (χ0) is 32.6. The molecular formula is C29H40N8O7. The molecule has 0 aliphatic carbocycles. The number of hydrogen-bond donors (Lipinski definition) is 9. The van der Waals surface area contributed by atoms with Crippen molar-refractivity contribution in [2.24, 2.45) is 27.9 Å². The first-order valence-corrected chi connectivity index (χ1v) is 13.9. The number of nitrogens with zero attached hydrogens (tertiary/aromatic N) is 1. The smallest absolute Gasteiger partial charge is 0.326 e. The second-order valence-electron chi connectivity index (χ2n) is 10.1. The van der Waals surface area contributed by atoms with Crippen LogP contribution >= 0.6 is 0 Å². The maximum absolute atomic E-state index is 13.6. The molecule has 0 saturated carbocycles. The normalized spacial score (nSPS) is 13.4. The predicted molar refractivity (Wildman–Crippen MR) is 162 cm³/mol. The predicted octanol–water partition coefficient (Wildman–Crippen LogP) is -1.64. The maximum atomic E-state index is 13.6. The lowest BCUT2D eigenvalue weighted by molar-refractivity contribution is -0.142. The summed E-state index contributed by atoms with van der Waals surface area (Å²) in [5.74, 6) is -4.30. The standard InChI is InChI=1S/C29H40N8O7/c30-20(12-13-24(31)39)25(40)36-22(16-18-8-10-19(38)11-9-18)27(42)37-23(15-17-5-2-1-3-6-17)26(41)35-21(28(43)44)7-4-14-34-29(32)33/h1-3,5-6,8-11,20-23,38H,4,7,12-16,30H2,(H2,31,39)(H,35,41)(H,36,40)(H,37,42)(H,43,44)(H4,32,33,34). The number of rotatable bonds is 18. The molecule has 4 atom stereocenters. The van der Waals surface area contributed by atoms with Gasteiger partial charge in [-0.15, -0.1) is 0 Å². The van der Waals surface area contributed by atoms with Gasteiger partial charge in [0.25, 0.3) is 0 Å². The third-order valence-electron chi connectivity index (χ3n) is 6.52. The first-order chi connectivity index (χ1) is 20.8. The van der Waals surface area contributed by atoms with Crippen LogP contribution in [-0.2, 0) is 36.8 Å². The number of carboxylic acid groups (broad SMARTS) is 1. The van der Waals surface area contributed by atoms with Gasteiger partial charge in [0.05, 0.1) is 6.04 Å². The molecule has 4 unspecified atom stereocenters. The lowest BCUT2D eigenvalue weighted by atomic mass is 10.0. The number of carbonyl (C=O) groups excluding carboxylic acids is 4. The van der Waals surface area contributed by atoms with E-state index in [0.717, 1.165) is 0 Å². The average Bonchev–Trinajstić information content (AvgIpc) is 2.97. The summed E-state index contributed by atoms with van der Waals surface area (Å²) in [4.78, 5) is 66.7. The van der Waals surface area contributed by atoms with Gasteiger partial charge in [-0.2, -0.15) is 0 Å². The van der Waals surface area contributed by atoms with E-state index in [2.05, 4.69) is 20.9 Å². The molecule has 0 fully saturated rings. The minimum atomic E-state index is -1.29. The summed E-state index contributed by atoms with van der Waals surface area (Å²) >= 11 is 0. The first-order valence-electron chi connectivity index (χ1n) is 13.9. The highest BCUT2D eigenvalue weighted by Crippen LogP contribution is 2.13. The van der Waals surface area contributed by atoms with E-state index in [0.29, 0.717) is 11.1 Å². The summed E-state index contributed by atoms with van der Waals surface area (Å²) in [6.07, 6.45) is 0.0699. The number of benzene rings is 2. The molecule has 0 radical (unpaired) electrons. The topological polar surface area (TPSA) is 278 Å². The van der Waals surface area contributed by atoms with Crippen molar-refractivity contribution in [3.63, 3.8) is 0 Å². The van der Waals surface area contributed by atoms with Crippen LogP contribution in [0, 0.1) is 0 Å². The number of phenols is 1. The molecule has 2 rings (SSSR count). The number of carboxylic acids is 1. The Morgan fingerprint density at radius 2 is 1.25 bits per heavy atom. The first kappa shape index (κ1) is 35.0. The van der Waals surface area contributed by atoms with Crippen molar-refractivity contribution in [3.05, 3.63) is 65.7 Å².